The van der Waals surface area contributed by atoms with Crippen molar-refractivity contribution in [3.8, 4) is 5.75 Å². The van der Waals surface area contributed by atoms with Crippen molar-refractivity contribution in [3.05, 3.63) is 41.8 Å². The number of anilines is 2. The highest BCUT2D eigenvalue weighted by atomic mass is 35.5. The van der Waals surface area contributed by atoms with Crippen LogP contribution in [-0.4, -0.2) is 22.1 Å². The third-order valence-electron chi connectivity index (χ3n) is 2.77. The number of nitrogens with zero attached hydrogens (tertiary/aromatic N) is 2. The van der Waals surface area contributed by atoms with E-state index >= 15 is 0 Å². The Morgan fingerprint density at radius 3 is 2.95 bits per heavy atom. The SMILES string of the molecule is COc1ccc(Nc2ncnc3[nH]ccc23)cc1Cl. The van der Waals surface area contributed by atoms with Gasteiger partial charge >= 0.3 is 0 Å². The molecule has 0 atom stereocenters. The molecule has 0 bridgehead atoms. The van der Waals surface area contributed by atoms with Crippen LogP contribution in [0.2, 0.25) is 5.02 Å². The fourth-order valence-corrected chi connectivity index (χ4v) is 2.11. The summed E-state index contributed by atoms with van der Waals surface area (Å²) in [5.74, 6) is 1.37. The zero-order valence-corrected chi connectivity index (χ0v) is 10.9. The number of hydrogen-bond donors (Lipinski definition) is 2. The Bertz CT molecular complexity index is 725. The number of H-pyrrole nitrogens is 1. The van der Waals surface area contributed by atoms with Crippen LogP contribution in [0.4, 0.5) is 11.5 Å². The Morgan fingerprint density at radius 1 is 1.26 bits per heavy atom. The molecule has 6 heteroatoms. The van der Waals surface area contributed by atoms with E-state index in [1.54, 1.807) is 19.2 Å². The second-order valence-electron chi connectivity index (χ2n) is 3.94. The number of aromatic amines is 1. The first-order chi connectivity index (χ1) is 9.28. The number of ether oxygens (including phenoxy) is 1. The Kier molecular flexibility index (Phi) is 2.97. The van der Waals surface area contributed by atoms with Crippen LogP contribution in [0.15, 0.2) is 36.8 Å². The molecule has 2 aromatic heterocycles. The summed E-state index contributed by atoms with van der Waals surface area (Å²) < 4.78 is 5.12. The summed E-state index contributed by atoms with van der Waals surface area (Å²) >= 11 is 6.09. The Morgan fingerprint density at radius 2 is 2.16 bits per heavy atom. The molecule has 19 heavy (non-hydrogen) atoms. The summed E-state index contributed by atoms with van der Waals surface area (Å²) in [6.07, 6.45) is 3.33. The van der Waals surface area contributed by atoms with Crippen LogP contribution in [0, 0.1) is 0 Å². The summed E-state index contributed by atoms with van der Waals surface area (Å²) in [5.41, 5.74) is 1.63. The van der Waals surface area contributed by atoms with Gasteiger partial charge in [-0.1, -0.05) is 11.6 Å². The molecule has 3 rings (SSSR count). The van der Waals surface area contributed by atoms with Gasteiger partial charge in [-0.15, -0.1) is 0 Å². The van der Waals surface area contributed by atoms with E-state index in [-0.39, 0.29) is 0 Å². The highest BCUT2D eigenvalue weighted by Crippen LogP contribution is 2.29. The molecule has 0 aliphatic carbocycles. The molecule has 1 aromatic carbocycles. The summed E-state index contributed by atoms with van der Waals surface area (Å²) in [5, 5.41) is 4.69. The number of benzene rings is 1. The van der Waals surface area contributed by atoms with Gasteiger partial charge in [0.15, 0.2) is 0 Å². The van der Waals surface area contributed by atoms with Gasteiger partial charge in [-0.2, -0.15) is 0 Å². The third kappa shape index (κ3) is 2.20. The van der Waals surface area contributed by atoms with Crippen LogP contribution >= 0.6 is 11.6 Å². The number of aromatic nitrogens is 3. The van der Waals surface area contributed by atoms with Gasteiger partial charge in [0.2, 0.25) is 0 Å². The average Bonchev–Trinajstić information content (AvgIpc) is 2.88. The number of hydrogen-bond acceptors (Lipinski definition) is 4. The highest BCUT2D eigenvalue weighted by Gasteiger charge is 2.06. The third-order valence-corrected chi connectivity index (χ3v) is 3.06. The Labute approximate surface area is 114 Å². The standard InChI is InChI=1S/C13H11ClN4O/c1-19-11-3-2-8(6-10(11)14)18-13-9-4-5-15-12(9)16-7-17-13/h2-7H,1H3,(H2,15,16,17,18). The molecule has 0 fully saturated rings. The average molecular weight is 275 g/mol. The van der Waals surface area contributed by atoms with Crippen molar-refractivity contribution in [2.24, 2.45) is 0 Å². The van der Waals surface area contributed by atoms with Crippen molar-refractivity contribution in [1.29, 1.82) is 0 Å². The molecule has 5 nitrogen and oxygen atoms in total. The Balaban J connectivity index is 1.97. The number of halogens is 1. The predicted octanol–water partition coefficient (Wildman–Crippen LogP) is 3.36. The lowest BCUT2D eigenvalue weighted by Gasteiger charge is -2.08. The van der Waals surface area contributed by atoms with Crippen molar-refractivity contribution in [1.82, 2.24) is 15.0 Å². The van der Waals surface area contributed by atoms with Gasteiger partial charge in [-0.05, 0) is 24.3 Å². The smallest absolute Gasteiger partial charge is 0.143 e. The van der Waals surface area contributed by atoms with E-state index in [2.05, 4.69) is 20.3 Å². The number of methoxy groups -OCH3 is 1. The Hall–Kier alpha value is -2.27. The molecule has 3 aromatic rings. The lowest BCUT2D eigenvalue weighted by molar-refractivity contribution is 0.415. The minimum Gasteiger partial charge on any atom is -0.495 e. The van der Waals surface area contributed by atoms with Gasteiger partial charge in [-0.25, -0.2) is 9.97 Å². The molecule has 2 heterocycles. The molecule has 96 valence electrons. The van der Waals surface area contributed by atoms with Crippen molar-refractivity contribution >= 4 is 34.1 Å². The first-order valence-electron chi connectivity index (χ1n) is 5.66. The first-order valence-corrected chi connectivity index (χ1v) is 6.04. The van der Waals surface area contributed by atoms with Crippen molar-refractivity contribution in [3.63, 3.8) is 0 Å². The van der Waals surface area contributed by atoms with Crippen LogP contribution in [0.1, 0.15) is 0 Å². The molecule has 0 aliphatic heterocycles. The fraction of sp³-hybridized carbons (Fsp3) is 0.0769. The molecule has 0 unspecified atom stereocenters. The maximum atomic E-state index is 6.09. The molecule has 0 saturated carbocycles. The molecule has 0 amide bonds. The largest absolute Gasteiger partial charge is 0.495 e. The fourth-order valence-electron chi connectivity index (χ4n) is 1.85. The van der Waals surface area contributed by atoms with Gasteiger partial charge < -0.3 is 15.0 Å². The second-order valence-corrected chi connectivity index (χ2v) is 4.34. The van der Waals surface area contributed by atoms with Gasteiger partial charge in [0.1, 0.15) is 23.5 Å². The lowest BCUT2D eigenvalue weighted by Crippen LogP contribution is -1.95. The zero-order chi connectivity index (χ0) is 13.2. The van der Waals surface area contributed by atoms with Crippen molar-refractivity contribution < 1.29 is 4.74 Å². The van der Waals surface area contributed by atoms with Gasteiger partial charge in [0.25, 0.3) is 0 Å². The second kappa shape index (κ2) is 4.78. The predicted molar refractivity (Wildman–Crippen MR) is 75.2 cm³/mol. The molecule has 0 spiro atoms. The van der Waals surface area contributed by atoms with Crippen LogP contribution in [-0.2, 0) is 0 Å². The summed E-state index contributed by atoms with van der Waals surface area (Å²) in [7, 11) is 1.59. The van der Waals surface area contributed by atoms with Gasteiger partial charge in [0, 0.05) is 11.9 Å². The van der Waals surface area contributed by atoms with Crippen LogP contribution in [0.5, 0.6) is 5.75 Å². The highest BCUT2D eigenvalue weighted by molar-refractivity contribution is 6.32. The molecule has 0 aliphatic rings. The zero-order valence-electron chi connectivity index (χ0n) is 10.1. The number of nitrogens with one attached hydrogen (secondary N) is 2. The van der Waals surface area contributed by atoms with Crippen molar-refractivity contribution in [2.45, 2.75) is 0 Å². The number of rotatable bonds is 3. The van der Waals surface area contributed by atoms with Gasteiger partial charge in [0.05, 0.1) is 17.5 Å². The van der Waals surface area contributed by atoms with Gasteiger partial charge in [-0.3, -0.25) is 0 Å². The summed E-state index contributed by atoms with van der Waals surface area (Å²) in [4.78, 5) is 11.4. The van der Waals surface area contributed by atoms with E-state index in [0.717, 1.165) is 22.5 Å². The molecule has 2 N–H and O–H groups in total. The first kappa shape index (κ1) is 11.8. The minimum absolute atomic E-state index is 0.548. The van der Waals surface area contributed by atoms with Crippen LogP contribution in [0.3, 0.4) is 0 Å². The maximum Gasteiger partial charge on any atom is 0.143 e. The quantitative estimate of drug-likeness (QED) is 0.769. The number of fused-ring (bicyclic) bond motifs is 1. The van der Waals surface area contributed by atoms with E-state index in [1.165, 1.54) is 6.33 Å². The van der Waals surface area contributed by atoms with Crippen LogP contribution < -0.4 is 10.1 Å². The molecular formula is C13H11ClN4O. The van der Waals surface area contributed by atoms with E-state index in [1.807, 2.05) is 18.3 Å². The monoisotopic (exact) mass is 274 g/mol. The van der Waals surface area contributed by atoms with Crippen LogP contribution in [0.25, 0.3) is 11.0 Å². The molecule has 0 radical (unpaired) electrons. The van der Waals surface area contributed by atoms with E-state index in [0.29, 0.717) is 10.8 Å². The summed E-state index contributed by atoms with van der Waals surface area (Å²) in [6.45, 7) is 0. The molecular weight excluding hydrogens is 264 g/mol. The lowest BCUT2D eigenvalue weighted by atomic mass is 10.3. The summed E-state index contributed by atoms with van der Waals surface area (Å²) in [6, 6.07) is 7.40. The maximum absolute atomic E-state index is 6.09. The van der Waals surface area contributed by atoms with E-state index < -0.39 is 0 Å². The minimum atomic E-state index is 0.548. The van der Waals surface area contributed by atoms with Crippen molar-refractivity contribution in [2.75, 3.05) is 12.4 Å². The van der Waals surface area contributed by atoms with E-state index in [9.17, 15) is 0 Å². The normalized spacial score (nSPS) is 10.6. The van der Waals surface area contributed by atoms with E-state index in [4.69, 9.17) is 16.3 Å². The topological polar surface area (TPSA) is 62.8 Å². The molecule has 0 saturated heterocycles.